The van der Waals surface area contributed by atoms with Crippen LogP contribution in [0, 0.1) is 11.8 Å². The van der Waals surface area contributed by atoms with E-state index in [2.05, 4.69) is 18.5 Å². The van der Waals surface area contributed by atoms with E-state index >= 15 is 4.79 Å². The lowest BCUT2D eigenvalue weighted by Gasteiger charge is -2.42. The van der Waals surface area contributed by atoms with Crippen LogP contribution < -0.4 is 5.32 Å². The Balaban J connectivity index is 1.35. The normalized spacial score (nSPS) is 27.0. The largest absolute Gasteiger partial charge is 0.455 e. The molecule has 10 nitrogen and oxygen atoms in total. The summed E-state index contributed by atoms with van der Waals surface area (Å²) < 4.78 is 13.1. The number of amides is 3. The minimum atomic E-state index is -1.26. The number of benzene rings is 2. The van der Waals surface area contributed by atoms with Crippen molar-refractivity contribution in [3.05, 3.63) is 97.1 Å². The van der Waals surface area contributed by atoms with Crippen LogP contribution in [0.2, 0.25) is 0 Å². The van der Waals surface area contributed by atoms with Gasteiger partial charge in [0.1, 0.15) is 17.7 Å². The van der Waals surface area contributed by atoms with Crippen LogP contribution in [-0.2, 0) is 35.1 Å². The number of likely N-dealkylation sites (tertiary alicyclic amines) is 1. The van der Waals surface area contributed by atoms with E-state index in [0.717, 1.165) is 37.7 Å². The Morgan fingerprint density at radius 1 is 1.04 bits per heavy atom. The number of aliphatic hydroxyl groups excluding tert-OH is 1. The number of hydrogen-bond donors (Lipinski definition) is 2. The highest BCUT2D eigenvalue weighted by atomic mass is 16.6. The first-order valence-electron chi connectivity index (χ1n) is 19.0. The molecule has 4 fully saturated rings. The van der Waals surface area contributed by atoms with Gasteiger partial charge >= 0.3 is 5.97 Å². The average molecular weight is 712 g/mol. The highest BCUT2D eigenvalue weighted by Gasteiger charge is 2.76. The summed E-state index contributed by atoms with van der Waals surface area (Å²) in [7, 11) is 0. The minimum absolute atomic E-state index is 0.00234. The Bertz CT molecular complexity index is 1590. The molecule has 1 saturated carbocycles. The summed E-state index contributed by atoms with van der Waals surface area (Å²) in [5.41, 5.74) is 0.365. The third-order valence-corrected chi connectivity index (χ3v) is 11.6. The van der Waals surface area contributed by atoms with E-state index in [1.165, 1.54) is 0 Å². The van der Waals surface area contributed by atoms with E-state index in [9.17, 15) is 19.5 Å². The number of esters is 1. The maximum absolute atomic E-state index is 15.1. The molecule has 0 aromatic heterocycles. The van der Waals surface area contributed by atoms with Crippen molar-refractivity contribution < 1.29 is 33.8 Å². The number of fused-ring (bicyclic) bond motifs is 1. The third-order valence-electron chi connectivity index (χ3n) is 11.6. The standard InChI is InChI=1S/C42H53N3O7/c1-4-6-22-34(47)43-28(3)37(30-18-12-8-13-19-30)51-41(50)35-33-23-24-42(52-33)36(35)39(48)45(32(27-46)26-29-16-10-7-11-17-29)38(42)40(49)44(25-5-2)31-20-14-9-15-21-31/h4-5,7-8,10-13,16-19,28,31-33,35-38,46H,1-2,6,9,14-15,20-27H2,3H3,(H,43,47)/t28-,32-,33+,35-,36-,37-,38+,42-/m1/s1. The van der Waals surface area contributed by atoms with Crippen molar-refractivity contribution in [1.29, 1.82) is 0 Å². The Kier molecular flexibility index (Phi) is 12.0. The van der Waals surface area contributed by atoms with E-state index in [1.807, 2.05) is 65.6 Å². The van der Waals surface area contributed by atoms with E-state index in [1.54, 1.807) is 24.0 Å². The number of aliphatic hydroxyl groups is 1. The molecule has 1 spiro atoms. The van der Waals surface area contributed by atoms with Crippen LogP contribution in [0.25, 0.3) is 0 Å². The fourth-order valence-electron chi connectivity index (χ4n) is 9.22. The molecule has 3 heterocycles. The number of nitrogens with one attached hydrogen (secondary N) is 1. The highest BCUT2D eigenvalue weighted by Crippen LogP contribution is 2.59. The zero-order valence-corrected chi connectivity index (χ0v) is 30.2. The van der Waals surface area contributed by atoms with Crippen LogP contribution >= 0.6 is 0 Å². The molecule has 2 N–H and O–H groups in total. The smallest absolute Gasteiger partial charge is 0.313 e. The van der Waals surface area contributed by atoms with Crippen molar-refractivity contribution in [1.82, 2.24) is 15.1 Å². The number of nitrogens with zero attached hydrogens (tertiary/aromatic N) is 2. The Labute approximate surface area is 307 Å². The van der Waals surface area contributed by atoms with Crippen LogP contribution in [0.1, 0.15) is 81.9 Å². The zero-order chi connectivity index (χ0) is 36.8. The van der Waals surface area contributed by atoms with Crippen LogP contribution in [0.4, 0.5) is 0 Å². The predicted molar refractivity (Wildman–Crippen MR) is 197 cm³/mol. The molecule has 52 heavy (non-hydrogen) atoms. The molecule has 4 aliphatic rings. The van der Waals surface area contributed by atoms with Crippen molar-refractivity contribution in [2.75, 3.05) is 13.2 Å². The molecule has 6 rings (SSSR count). The van der Waals surface area contributed by atoms with Crippen LogP contribution in [0.15, 0.2) is 86.0 Å². The molecule has 8 atom stereocenters. The number of rotatable bonds is 16. The molecule has 2 aromatic rings. The fraction of sp³-hybridized carbons (Fsp3) is 0.524. The molecule has 0 radical (unpaired) electrons. The number of carbonyl (C=O) groups excluding carboxylic acids is 4. The average Bonchev–Trinajstić information content (AvgIpc) is 3.82. The minimum Gasteiger partial charge on any atom is -0.455 e. The molecular formula is C42H53N3O7. The van der Waals surface area contributed by atoms with Crippen molar-refractivity contribution in [3.8, 4) is 0 Å². The molecule has 1 aliphatic carbocycles. The van der Waals surface area contributed by atoms with Gasteiger partial charge < -0.3 is 29.7 Å². The van der Waals surface area contributed by atoms with Gasteiger partial charge in [-0.3, -0.25) is 19.2 Å². The van der Waals surface area contributed by atoms with E-state index in [0.29, 0.717) is 37.8 Å². The lowest BCUT2D eigenvalue weighted by Crippen LogP contribution is -2.60. The van der Waals surface area contributed by atoms with Gasteiger partial charge in [-0.25, -0.2) is 0 Å². The monoisotopic (exact) mass is 711 g/mol. The Hall–Kier alpha value is -4.28. The summed E-state index contributed by atoms with van der Waals surface area (Å²) in [6.45, 7) is 9.41. The van der Waals surface area contributed by atoms with Gasteiger partial charge in [0.2, 0.25) is 17.7 Å². The molecule has 3 saturated heterocycles. The van der Waals surface area contributed by atoms with E-state index in [4.69, 9.17) is 9.47 Å². The van der Waals surface area contributed by atoms with Gasteiger partial charge in [0.15, 0.2) is 0 Å². The van der Waals surface area contributed by atoms with Crippen LogP contribution in [0.5, 0.6) is 0 Å². The SMILES string of the molecule is C=CCCC(=O)N[C@H](C)[C@@H](OC(=O)[C@@H]1[C@@H]2CC[C@]3(O2)[C@H](C(=O)N(CC=C)C2CCCCC2)N([C@@H](CO)Cc2ccccc2)C(=O)[C@@H]13)c1ccccc1. The summed E-state index contributed by atoms with van der Waals surface area (Å²) in [6, 6.07) is 16.5. The van der Waals surface area contributed by atoms with Gasteiger partial charge in [0, 0.05) is 19.0 Å². The van der Waals surface area contributed by atoms with Gasteiger partial charge in [0.05, 0.1) is 36.6 Å². The quantitative estimate of drug-likeness (QED) is 0.184. The number of allylic oxidation sites excluding steroid dienone is 1. The van der Waals surface area contributed by atoms with Crippen molar-refractivity contribution in [2.24, 2.45) is 11.8 Å². The molecule has 3 amide bonds. The Morgan fingerprint density at radius 2 is 1.73 bits per heavy atom. The van der Waals surface area contributed by atoms with Gasteiger partial charge in [-0.15, -0.1) is 13.2 Å². The predicted octanol–water partition coefficient (Wildman–Crippen LogP) is 5.07. The third kappa shape index (κ3) is 7.33. The number of ether oxygens (including phenoxy) is 2. The summed E-state index contributed by atoms with van der Waals surface area (Å²) >= 11 is 0. The van der Waals surface area contributed by atoms with Crippen LogP contribution in [-0.4, -0.2) is 87.6 Å². The van der Waals surface area contributed by atoms with Crippen molar-refractivity contribution in [2.45, 2.75) is 113 Å². The second-order valence-corrected chi connectivity index (χ2v) is 14.9. The molecule has 2 bridgehead atoms. The van der Waals surface area contributed by atoms with Gasteiger partial charge in [-0.05, 0) is 56.6 Å². The molecule has 3 aliphatic heterocycles. The Morgan fingerprint density at radius 3 is 2.38 bits per heavy atom. The van der Waals surface area contributed by atoms with Gasteiger partial charge in [-0.1, -0.05) is 92.1 Å². The summed E-state index contributed by atoms with van der Waals surface area (Å²) in [6.07, 6.45) is 8.85. The topological polar surface area (TPSA) is 125 Å². The first-order valence-corrected chi connectivity index (χ1v) is 19.0. The van der Waals surface area contributed by atoms with E-state index in [-0.39, 0.29) is 36.8 Å². The first-order chi connectivity index (χ1) is 25.2. The second-order valence-electron chi connectivity index (χ2n) is 14.9. The molecule has 278 valence electrons. The summed E-state index contributed by atoms with van der Waals surface area (Å²) in [4.78, 5) is 60.7. The van der Waals surface area contributed by atoms with E-state index < -0.39 is 53.7 Å². The highest BCUT2D eigenvalue weighted by molar-refractivity contribution is 5.98. The maximum atomic E-state index is 15.1. The zero-order valence-electron chi connectivity index (χ0n) is 30.2. The van der Waals surface area contributed by atoms with Gasteiger partial charge in [-0.2, -0.15) is 0 Å². The molecule has 2 aromatic carbocycles. The van der Waals surface area contributed by atoms with Gasteiger partial charge in [0.25, 0.3) is 0 Å². The first kappa shape index (κ1) is 37.5. The number of carbonyl (C=O) groups is 4. The maximum Gasteiger partial charge on any atom is 0.313 e. The van der Waals surface area contributed by atoms with Crippen molar-refractivity contribution >= 4 is 23.7 Å². The molecule has 0 unspecified atom stereocenters. The lowest BCUT2D eigenvalue weighted by atomic mass is 9.70. The lowest BCUT2D eigenvalue weighted by molar-refractivity contribution is -0.162. The summed E-state index contributed by atoms with van der Waals surface area (Å²) in [5, 5.41) is 13.9. The number of hydrogen-bond acceptors (Lipinski definition) is 7. The molecular weight excluding hydrogens is 658 g/mol. The summed E-state index contributed by atoms with van der Waals surface area (Å²) in [5.74, 6) is -3.31. The fourth-order valence-corrected chi connectivity index (χ4v) is 9.22. The van der Waals surface area contributed by atoms with Crippen molar-refractivity contribution in [3.63, 3.8) is 0 Å². The molecule has 10 heteroatoms. The second kappa shape index (κ2) is 16.6. The van der Waals surface area contributed by atoms with Crippen LogP contribution in [0.3, 0.4) is 0 Å².